The molecule has 0 saturated carbocycles. The van der Waals surface area contributed by atoms with Gasteiger partial charge in [-0.25, -0.2) is 14.0 Å². The molecular weight excluding hydrogens is 279 g/mol. The summed E-state index contributed by atoms with van der Waals surface area (Å²) in [4.78, 5) is 34.4. The molecule has 0 bridgehead atoms. The summed E-state index contributed by atoms with van der Waals surface area (Å²) in [5, 5.41) is 10.7. The summed E-state index contributed by atoms with van der Waals surface area (Å²) in [6.45, 7) is -0.0255. The molecule has 0 unspecified atom stereocenters. The van der Waals surface area contributed by atoms with Crippen LogP contribution in [0.25, 0.3) is 0 Å². The van der Waals surface area contributed by atoms with Crippen LogP contribution in [0.15, 0.2) is 12.1 Å². The molecule has 3 amide bonds. The maximum absolute atomic E-state index is 13.8. The second-order valence-corrected chi connectivity index (χ2v) is 4.25. The van der Waals surface area contributed by atoms with Gasteiger partial charge in [-0.15, -0.1) is 0 Å². The second kappa shape index (κ2) is 4.85. The van der Waals surface area contributed by atoms with Gasteiger partial charge in [-0.2, -0.15) is 0 Å². The lowest BCUT2D eigenvalue weighted by molar-refractivity contribution is -0.120. The first-order chi connectivity index (χ1) is 8.90. The van der Waals surface area contributed by atoms with Crippen molar-refractivity contribution in [2.24, 2.45) is 0 Å². The number of carboxylic acid groups (broad SMARTS) is 1. The molecule has 0 spiro atoms. The fourth-order valence-electron chi connectivity index (χ4n) is 1.70. The summed E-state index contributed by atoms with van der Waals surface area (Å²) in [5.74, 6) is -2.63. The molecule has 1 fully saturated rings. The predicted octanol–water partition coefficient (Wildman–Crippen LogP) is 1.62. The van der Waals surface area contributed by atoms with Gasteiger partial charge in [0.1, 0.15) is 5.82 Å². The minimum absolute atomic E-state index is 0.0101. The molecule has 100 valence electrons. The van der Waals surface area contributed by atoms with E-state index in [9.17, 15) is 18.8 Å². The molecule has 0 radical (unpaired) electrons. The third kappa shape index (κ3) is 2.50. The molecule has 0 atom stereocenters. The van der Waals surface area contributed by atoms with Crippen molar-refractivity contribution in [2.75, 3.05) is 11.4 Å². The van der Waals surface area contributed by atoms with E-state index in [1.807, 2.05) is 5.32 Å². The maximum Gasteiger partial charge on any atom is 0.337 e. The summed E-state index contributed by atoms with van der Waals surface area (Å²) < 4.78 is 13.8. The van der Waals surface area contributed by atoms with E-state index in [0.29, 0.717) is 0 Å². The number of anilines is 1. The second-order valence-electron chi connectivity index (χ2n) is 3.84. The quantitative estimate of drug-likeness (QED) is 0.865. The van der Waals surface area contributed by atoms with Crippen LogP contribution >= 0.6 is 11.6 Å². The molecule has 1 aliphatic rings. The third-order valence-corrected chi connectivity index (χ3v) is 2.92. The standard InChI is InChI=1S/C11H8ClFN2O4/c12-6-4-7(13)8(3-5(6)10(17)18)15-2-1-9(16)14-11(15)19/h3-4H,1-2H2,(H,17,18)(H,14,16,19). The SMILES string of the molecule is O=C1CCN(c2cc(C(=O)O)c(Cl)cc2F)C(=O)N1. The first kappa shape index (κ1) is 13.3. The van der Waals surface area contributed by atoms with E-state index in [2.05, 4.69) is 0 Å². The van der Waals surface area contributed by atoms with E-state index >= 15 is 0 Å². The van der Waals surface area contributed by atoms with E-state index in [0.717, 1.165) is 17.0 Å². The number of urea groups is 1. The van der Waals surface area contributed by atoms with Crippen molar-refractivity contribution >= 4 is 35.2 Å². The summed E-state index contributed by atoms with van der Waals surface area (Å²) in [7, 11) is 0. The van der Waals surface area contributed by atoms with Gasteiger partial charge in [0, 0.05) is 13.0 Å². The lowest BCUT2D eigenvalue weighted by atomic mass is 10.1. The van der Waals surface area contributed by atoms with Gasteiger partial charge >= 0.3 is 12.0 Å². The van der Waals surface area contributed by atoms with Crippen molar-refractivity contribution < 1.29 is 23.9 Å². The Morgan fingerprint density at radius 1 is 1.42 bits per heavy atom. The third-order valence-electron chi connectivity index (χ3n) is 2.61. The molecular formula is C11H8ClFN2O4. The topological polar surface area (TPSA) is 86.7 Å². The fraction of sp³-hybridized carbons (Fsp3) is 0.182. The average Bonchev–Trinajstić information content (AvgIpc) is 2.30. The summed E-state index contributed by atoms with van der Waals surface area (Å²) in [6.07, 6.45) is 0.0101. The Labute approximate surface area is 111 Å². The van der Waals surface area contributed by atoms with Crippen molar-refractivity contribution in [3.05, 3.63) is 28.5 Å². The van der Waals surface area contributed by atoms with Gasteiger partial charge in [-0.3, -0.25) is 15.0 Å². The van der Waals surface area contributed by atoms with E-state index in [1.54, 1.807) is 0 Å². The minimum atomic E-state index is -1.33. The molecule has 1 aliphatic heterocycles. The lowest BCUT2D eigenvalue weighted by Gasteiger charge is -2.27. The number of amides is 3. The zero-order valence-corrected chi connectivity index (χ0v) is 10.2. The monoisotopic (exact) mass is 286 g/mol. The lowest BCUT2D eigenvalue weighted by Crippen LogP contribution is -2.50. The number of benzene rings is 1. The molecule has 1 aromatic carbocycles. The van der Waals surface area contributed by atoms with Crippen LogP contribution in [0.2, 0.25) is 5.02 Å². The highest BCUT2D eigenvalue weighted by atomic mass is 35.5. The number of hydrogen-bond donors (Lipinski definition) is 2. The van der Waals surface area contributed by atoms with Crippen LogP contribution in [0.3, 0.4) is 0 Å². The Bertz CT molecular complexity index is 590. The maximum atomic E-state index is 13.8. The van der Waals surface area contributed by atoms with E-state index < -0.39 is 23.7 Å². The number of carbonyl (C=O) groups is 3. The number of nitrogens with zero attached hydrogens (tertiary/aromatic N) is 1. The molecule has 8 heteroatoms. The van der Waals surface area contributed by atoms with Gasteiger partial charge in [0.05, 0.1) is 16.3 Å². The Kier molecular flexibility index (Phi) is 3.39. The predicted molar refractivity (Wildman–Crippen MR) is 63.9 cm³/mol. The Morgan fingerprint density at radius 3 is 2.68 bits per heavy atom. The fourth-order valence-corrected chi connectivity index (χ4v) is 1.93. The van der Waals surface area contributed by atoms with Gasteiger partial charge in [0.15, 0.2) is 0 Å². The number of aromatic carboxylic acids is 1. The Balaban J connectivity index is 2.44. The average molecular weight is 287 g/mol. The molecule has 1 saturated heterocycles. The van der Waals surface area contributed by atoms with Crippen molar-refractivity contribution in [1.82, 2.24) is 5.32 Å². The first-order valence-electron chi connectivity index (χ1n) is 5.24. The first-order valence-corrected chi connectivity index (χ1v) is 5.61. The number of carboxylic acids is 1. The zero-order chi connectivity index (χ0) is 14.2. The molecule has 19 heavy (non-hydrogen) atoms. The van der Waals surface area contributed by atoms with Crippen LogP contribution < -0.4 is 10.2 Å². The smallest absolute Gasteiger partial charge is 0.337 e. The highest BCUT2D eigenvalue weighted by Crippen LogP contribution is 2.28. The van der Waals surface area contributed by atoms with Crippen LogP contribution in [0.5, 0.6) is 0 Å². The van der Waals surface area contributed by atoms with E-state index in [4.69, 9.17) is 16.7 Å². The zero-order valence-electron chi connectivity index (χ0n) is 9.44. The highest BCUT2D eigenvalue weighted by molar-refractivity contribution is 6.33. The van der Waals surface area contributed by atoms with Gasteiger partial charge in [-0.1, -0.05) is 11.6 Å². The molecule has 0 aliphatic carbocycles. The summed E-state index contributed by atoms with van der Waals surface area (Å²) in [5.41, 5.74) is -0.547. The van der Waals surface area contributed by atoms with Crippen molar-refractivity contribution in [1.29, 1.82) is 0 Å². The van der Waals surface area contributed by atoms with Crippen LogP contribution in [0.4, 0.5) is 14.9 Å². The van der Waals surface area contributed by atoms with Gasteiger partial charge < -0.3 is 5.11 Å². The number of imide groups is 1. The number of nitrogens with one attached hydrogen (secondary N) is 1. The molecule has 2 N–H and O–H groups in total. The normalized spacial score (nSPS) is 15.4. The van der Waals surface area contributed by atoms with Crippen molar-refractivity contribution in [2.45, 2.75) is 6.42 Å². The Morgan fingerprint density at radius 2 is 2.11 bits per heavy atom. The molecule has 0 aromatic heterocycles. The number of rotatable bonds is 2. The highest BCUT2D eigenvalue weighted by Gasteiger charge is 2.27. The van der Waals surface area contributed by atoms with E-state index in [1.165, 1.54) is 0 Å². The van der Waals surface area contributed by atoms with Crippen LogP contribution in [-0.2, 0) is 4.79 Å². The largest absolute Gasteiger partial charge is 0.478 e. The van der Waals surface area contributed by atoms with Gasteiger partial charge in [-0.05, 0) is 12.1 Å². The number of hydrogen-bond acceptors (Lipinski definition) is 3. The van der Waals surface area contributed by atoms with Crippen molar-refractivity contribution in [3.8, 4) is 0 Å². The summed E-state index contributed by atoms with van der Waals surface area (Å²) >= 11 is 5.60. The van der Waals surface area contributed by atoms with Gasteiger partial charge in [0.2, 0.25) is 5.91 Å². The van der Waals surface area contributed by atoms with Crippen LogP contribution in [-0.4, -0.2) is 29.6 Å². The number of halogens is 2. The summed E-state index contributed by atoms with van der Waals surface area (Å²) in [6, 6.07) is 0.994. The Hall–Kier alpha value is -2.15. The van der Waals surface area contributed by atoms with Crippen LogP contribution in [0, 0.1) is 5.82 Å². The number of carbonyl (C=O) groups excluding carboxylic acids is 2. The van der Waals surface area contributed by atoms with Crippen LogP contribution in [0.1, 0.15) is 16.8 Å². The van der Waals surface area contributed by atoms with E-state index in [-0.39, 0.29) is 29.2 Å². The minimum Gasteiger partial charge on any atom is -0.478 e. The molecule has 1 aromatic rings. The molecule has 2 rings (SSSR count). The molecule has 1 heterocycles. The molecule has 6 nitrogen and oxygen atoms in total. The van der Waals surface area contributed by atoms with Gasteiger partial charge in [0.25, 0.3) is 0 Å². The van der Waals surface area contributed by atoms with Crippen molar-refractivity contribution in [3.63, 3.8) is 0 Å².